The molecule has 0 saturated carbocycles. The standard InChI is InChI=1S/C19H29F2NO4Si/c1-19(2,3)27(5,6)26-10-9-16(18(24)25-4)22-17(23)11-13-7-8-14(20)12-15(13)21/h7-8,12,16H,9-11H2,1-6H3,(H,22,23)/t16-/m0/s1. The van der Waals surface area contributed by atoms with Gasteiger partial charge in [-0.05, 0) is 29.8 Å². The van der Waals surface area contributed by atoms with E-state index in [1.165, 1.54) is 13.2 Å². The van der Waals surface area contributed by atoms with Crippen molar-refractivity contribution >= 4 is 20.2 Å². The van der Waals surface area contributed by atoms with Gasteiger partial charge in [-0.1, -0.05) is 26.8 Å². The number of esters is 1. The van der Waals surface area contributed by atoms with Crippen molar-refractivity contribution in [1.29, 1.82) is 0 Å². The van der Waals surface area contributed by atoms with Gasteiger partial charge in [0.15, 0.2) is 8.32 Å². The summed E-state index contributed by atoms with van der Waals surface area (Å²) in [6, 6.07) is 2.11. The Balaban J connectivity index is 2.69. The molecule has 0 fully saturated rings. The van der Waals surface area contributed by atoms with Gasteiger partial charge in [-0.2, -0.15) is 0 Å². The summed E-state index contributed by atoms with van der Waals surface area (Å²) >= 11 is 0. The lowest BCUT2D eigenvalue weighted by molar-refractivity contribution is -0.145. The Bertz CT molecular complexity index is 674. The van der Waals surface area contributed by atoms with E-state index in [1.54, 1.807) is 0 Å². The summed E-state index contributed by atoms with van der Waals surface area (Å²) in [7, 11) is -0.748. The Labute approximate surface area is 160 Å². The van der Waals surface area contributed by atoms with Gasteiger partial charge in [0.05, 0.1) is 13.5 Å². The number of rotatable bonds is 8. The topological polar surface area (TPSA) is 64.6 Å². The number of ether oxygens (including phenoxy) is 1. The van der Waals surface area contributed by atoms with Crippen LogP contribution in [0.4, 0.5) is 8.78 Å². The summed E-state index contributed by atoms with van der Waals surface area (Å²) in [5.74, 6) is -2.67. The monoisotopic (exact) mass is 401 g/mol. The molecule has 152 valence electrons. The summed E-state index contributed by atoms with van der Waals surface area (Å²) in [6.45, 7) is 10.8. The number of hydrogen-bond donors (Lipinski definition) is 1. The molecule has 0 aliphatic rings. The van der Waals surface area contributed by atoms with Crippen molar-refractivity contribution in [1.82, 2.24) is 5.32 Å². The SMILES string of the molecule is COC(=O)[C@H](CCO[Si](C)(C)C(C)(C)C)NC(=O)Cc1ccc(F)cc1F. The van der Waals surface area contributed by atoms with Crippen molar-refractivity contribution in [2.24, 2.45) is 0 Å². The van der Waals surface area contributed by atoms with Crippen LogP contribution in [0.3, 0.4) is 0 Å². The van der Waals surface area contributed by atoms with Crippen molar-refractivity contribution in [2.75, 3.05) is 13.7 Å². The largest absolute Gasteiger partial charge is 0.467 e. The molecule has 0 aliphatic carbocycles. The van der Waals surface area contributed by atoms with Gasteiger partial charge < -0.3 is 14.5 Å². The van der Waals surface area contributed by atoms with Crippen LogP contribution in [0.15, 0.2) is 18.2 Å². The van der Waals surface area contributed by atoms with Crippen molar-refractivity contribution in [3.8, 4) is 0 Å². The zero-order valence-corrected chi connectivity index (χ0v) is 17.8. The first kappa shape index (κ1) is 23.2. The van der Waals surface area contributed by atoms with Gasteiger partial charge in [0.25, 0.3) is 0 Å². The molecular formula is C19H29F2NO4Si. The highest BCUT2D eigenvalue weighted by atomic mass is 28.4. The molecule has 0 radical (unpaired) electrons. The third-order valence-corrected chi connectivity index (χ3v) is 9.40. The fraction of sp³-hybridized carbons (Fsp3) is 0.579. The lowest BCUT2D eigenvalue weighted by atomic mass is 10.1. The van der Waals surface area contributed by atoms with E-state index in [0.717, 1.165) is 6.07 Å². The minimum Gasteiger partial charge on any atom is -0.467 e. The summed E-state index contributed by atoms with van der Waals surface area (Å²) in [4.78, 5) is 24.1. The molecule has 1 rings (SSSR count). The third kappa shape index (κ3) is 7.02. The van der Waals surface area contributed by atoms with Gasteiger partial charge in [-0.3, -0.25) is 4.79 Å². The average Bonchev–Trinajstić information content (AvgIpc) is 2.54. The molecule has 1 aromatic carbocycles. The van der Waals surface area contributed by atoms with Gasteiger partial charge in [-0.15, -0.1) is 0 Å². The van der Waals surface area contributed by atoms with Gasteiger partial charge >= 0.3 is 5.97 Å². The Kier molecular flexibility index (Phi) is 8.10. The number of halogens is 2. The molecule has 27 heavy (non-hydrogen) atoms. The first-order chi connectivity index (χ1) is 12.4. The van der Waals surface area contributed by atoms with E-state index < -0.39 is 37.9 Å². The molecule has 0 aliphatic heterocycles. The highest BCUT2D eigenvalue weighted by Crippen LogP contribution is 2.36. The minimum absolute atomic E-state index is 0.0249. The molecule has 0 saturated heterocycles. The fourth-order valence-electron chi connectivity index (χ4n) is 2.12. The Morgan fingerprint density at radius 2 is 1.85 bits per heavy atom. The van der Waals surface area contributed by atoms with Crippen molar-refractivity contribution in [3.63, 3.8) is 0 Å². The maximum absolute atomic E-state index is 13.7. The first-order valence-corrected chi connectivity index (χ1v) is 11.7. The van der Waals surface area contributed by atoms with Gasteiger partial charge in [-0.25, -0.2) is 13.6 Å². The number of hydrogen-bond acceptors (Lipinski definition) is 4. The van der Waals surface area contributed by atoms with Crippen LogP contribution in [-0.2, 0) is 25.2 Å². The Morgan fingerprint density at radius 1 is 1.22 bits per heavy atom. The minimum atomic E-state index is -1.98. The molecule has 0 spiro atoms. The second-order valence-corrected chi connectivity index (χ2v) is 12.8. The molecule has 0 unspecified atom stereocenters. The second-order valence-electron chi connectivity index (χ2n) is 7.95. The van der Waals surface area contributed by atoms with Crippen LogP contribution < -0.4 is 5.32 Å². The molecule has 0 bridgehead atoms. The first-order valence-electron chi connectivity index (χ1n) is 8.82. The van der Waals surface area contributed by atoms with E-state index in [2.05, 4.69) is 39.2 Å². The van der Waals surface area contributed by atoms with Crippen LogP contribution in [0, 0.1) is 11.6 Å². The highest BCUT2D eigenvalue weighted by molar-refractivity contribution is 6.74. The predicted molar refractivity (Wildman–Crippen MR) is 102 cm³/mol. The molecule has 1 N–H and O–H groups in total. The summed E-state index contributed by atoms with van der Waals surface area (Å²) < 4.78 is 37.4. The smallest absolute Gasteiger partial charge is 0.328 e. The predicted octanol–water partition coefficient (Wildman–Crippen LogP) is 3.58. The lowest BCUT2D eigenvalue weighted by Crippen LogP contribution is -2.45. The second kappa shape index (κ2) is 9.41. The highest BCUT2D eigenvalue weighted by Gasteiger charge is 2.37. The van der Waals surface area contributed by atoms with Crippen LogP contribution >= 0.6 is 0 Å². The van der Waals surface area contributed by atoms with Crippen molar-refractivity contribution < 1.29 is 27.5 Å². The number of methoxy groups -OCH3 is 1. The van der Waals surface area contributed by atoms with E-state index in [-0.39, 0.29) is 23.4 Å². The molecule has 1 atom stereocenters. The Hall–Kier alpha value is -1.80. The average molecular weight is 402 g/mol. The van der Waals surface area contributed by atoms with E-state index >= 15 is 0 Å². The van der Waals surface area contributed by atoms with E-state index in [0.29, 0.717) is 12.7 Å². The Morgan fingerprint density at radius 3 is 2.37 bits per heavy atom. The normalized spacial score (nSPS) is 13.2. The van der Waals surface area contributed by atoms with Gasteiger partial charge in [0.1, 0.15) is 17.7 Å². The molecule has 1 amide bonds. The van der Waals surface area contributed by atoms with E-state index in [4.69, 9.17) is 9.16 Å². The van der Waals surface area contributed by atoms with Gasteiger partial charge in [0.2, 0.25) is 5.91 Å². The summed E-state index contributed by atoms with van der Waals surface area (Å²) in [5.41, 5.74) is 0.0510. The quantitative estimate of drug-likeness (QED) is 0.534. The van der Waals surface area contributed by atoms with Crippen LogP contribution in [0.5, 0.6) is 0 Å². The van der Waals surface area contributed by atoms with Gasteiger partial charge in [0, 0.05) is 19.1 Å². The van der Waals surface area contributed by atoms with Crippen LogP contribution in [0.2, 0.25) is 18.1 Å². The number of carbonyl (C=O) groups excluding carboxylic acids is 2. The zero-order valence-electron chi connectivity index (χ0n) is 16.8. The lowest BCUT2D eigenvalue weighted by Gasteiger charge is -2.36. The molecule has 5 nitrogen and oxygen atoms in total. The maximum atomic E-state index is 13.7. The van der Waals surface area contributed by atoms with E-state index in [9.17, 15) is 18.4 Å². The van der Waals surface area contributed by atoms with Crippen LogP contribution in [0.25, 0.3) is 0 Å². The number of amides is 1. The van der Waals surface area contributed by atoms with Crippen molar-refractivity contribution in [2.45, 2.75) is 57.8 Å². The summed E-state index contributed by atoms with van der Waals surface area (Å²) in [6.07, 6.45) is -0.0560. The van der Waals surface area contributed by atoms with Crippen molar-refractivity contribution in [3.05, 3.63) is 35.4 Å². The molecular weight excluding hydrogens is 372 g/mol. The molecule has 0 heterocycles. The maximum Gasteiger partial charge on any atom is 0.328 e. The number of nitrogens with one attached hydrogen (secondary N) is 1. The zero-order chi connectivity index (χ0) is 20.8. The van der Waals surface area contributed by atoms with Crippen LogP contribution in [0.1, 0.15) is 32.8 Å². The van der Waals surface area contributed by atoms with Crippen LogP contribution in [-0.4, -0.2) is 40.0 Å². The number of carbonyl (C=O) groups is 2. The molecule has 1 aromatic rings. The number of benzene rings is 1. The van der Waals surface area contributed by atoms with E-state index in [1.807, 2.05) is 0 Å². The fourth-order valence-corrected chi connectivity index (χ4v) is 3.18. The summed E-state index contributed by atoms with van der Waals surface area (Å²) in [5, 5.41) is 2.57. The molecule has 0 aromatic heterocycles. The molecule has 8 heteroatoms. The third-order valence-electron chi connectivity index (χ3n) is 4.86.